The Bertz CT molecular complexity index is 925. The van der Waals surface area contributed by atoms with Crippen molar-refractivity contribution in [3.05, 3.63) is 55.1 Å². The minimum absolute atomic E-state index is 0.0295. The molecular weight excluding hydrogens is 368 g/mol. The van der Waals surface area contributed by atoms with Crippen LogP contribution >= 0.6 is 0 Å². The Morgan fingerprint density at radius 1 is 1.17 bits per heavy atom. The van der Waals surface area contributed by atoms with Crippen LogP contribution < -0.4 is 15.0 Å². The van der Waals surface area contributed by atoms with Gasteiger partial charge in [-0.2, -0.15) is 0 Å². The number of amides is 1. The van der Waals surface area contributed by atoms with Gasteiger partial charge in [-0.05, 0) is 56.2 Å². The fourth-order valence-corrected chi connectivity index (χ4v) is 3.46. The molecule has 8 nitrogen and oxygen atoms in total. The van der Waals surface area contributed by atoms with E-state index in [0.717, 1.165) is 36.6 Å². The molecule has 8 heteroatoms. The third kappa shape index (κ3) is 4.53. The van der Waals surface area contributed by atoms with Crippen molar-refractivity contribution >= 4 is 17.4 Å². The number of imidazole rings is 1. The van der Waals surface area contributed by atoms with Crippen molar-refractivity contribution in [1.82, 2.24) is 19.7 Å². The van der Waals surface area contributed by atoms with Crippen molar-refractivity contribution in [3.8, 4) is 11.6 Å². The first-order valence-corrected chi connectivity index (χ1v) is 9.83. The number of nitrogens with zero attached hydrogens (tertiary/aromatic N) is 5. The van der Waals surface area contributed by atoms with E-state index in [-0.39, 0.29) is 11.8 Å². The topological polar surface area (TPSA) is 85.2 Å². The van der Waals surface area contributed by atoms with Crippen LogP contribution in [0.15, 0.2) is 55.1 Å². The molecule has 0 radical (unpaired) electrons. The smallest absolute Gasteiger partial charge is 0.229 e. The molecule has 0 aliphatic carbocycles. The summed E-state index contributed by atoms with van der Waals surface area (Å²) in [5.74, 6) is 2.24. The molecule has 29 heavy (non-hydrogen) atoms. The number of benzene rings is 1. The highest BCUT2D eigenvalue weighted by Gasteiger charge is 2.27. The zero-order valence-corrected chi connectivity index (χ0v) is 16.4. The van der Waals surface area contributed by atoms with Gasteiger partial charge < -0.3 is 15.0 Å². The molecule has 1 atom stereocenters. The lowest BCUT2D eigenvalue weighted by atomic mass is 9.97. The van der Waals surface area contributed by atoms with E-state index in [1.165, 1.54) is 0 Å². The van der Waals surface area contributed by atoms with Crippen molar-refractivity contribution in [2.24, 2.45) is 5.92 Å². The third-order valence-corrected chi connectivity index (χ3v) is 4.95. The summed E-state index contributed by atoms with van der Waals surface area (Å²) in [5, 5.41) is 11.6. The molecule has 1 aliphatic heterocycles. The lowest BCUT2D eigenvalue weighted by molar-refractivity contribution is -0.120. The molecule has 0 saturated carbocycles. The summed E-state index contributed by atoms with van der Waals surface area (Å²) in [6, 6.07) is 11.3. The average Bonchev–Trinajstić information content (AvgIpc) is 3.30. The molecule has 4 rings (SSSR count). The molecular formula is C21H24N6O2. The van der Waals surface area contributed by atoms with E-state index >= 15 is 0 Å². The Morgan fingerprint density at radius 3 is 2.66 bits per heavy atom. The first kappa shape index (κ1) is 18.9. The van der Waals surface area contributed by atoms with E-state index in [1.54, 1.807) is 17.1 Å². The molecule has 2 aromatic heterocycles. The number of aromatic nitrogens is 4. The molecule has 1 unspecified atom stereocenters. The van der Waals surface area contributed by atoms with Crippen LogP contribution in [0.5, 0.6) is 5.75 Å². The van der Waals surface area contributed by atoms with Crippen molar-refractivity contribution in [3.63, 3.8) is 0 Å². The fourth-order valence-electron chi connectivity index (χ4n) is 3.46. The summed E-state index contributed by atoms with van der Waals surface area (Å²) in [5.41, 5.74) is 0.778. The van der Waals surface area contributed by atoms with Crippen molar-refractivity contribution < 1.29 is 9.53 Å². The maximum atomic E-state index is 12.7. The van der Waals surface area contributed by atoms with Gasteiger partial charge in [-0.1, -0.05) is 0 Å². The van der Waals surface area contributed by atoms with Crippen molar-refractivity contribution in [1.29, 1.82) is 0 Å². The van der Waals surface area contributed by atoms with Gasteiger partial charge in [0.2, 0.25) is 5.91 Å². The Kier molecular flexibility index (Phi) is 5.69. The van der Waals surface area contributed by atoms with E-state index in [9.17, 15) is 4.79 Å². The number of piperidine rings is 1. The summed E-state index contributed by atoms with van der Waals surface area (Å²) >= 11 is 0. The lowest BCUT2D eigenvalue weighted by Crippen LogP contribution is -2.41. The van der Waals surface area contributed by atoms with Crippen molar-refractivity contribution in [2.45, 2.75) is 19.8 Å². The number of hydrogen-bond acceptors (Lipinski definition) is 6. The average molecular weight is 392 g/mol. The quantitative estimate of drug-likeness (QED) is 0.694. The lowest BCUT2D eigenvalue weighted by Gasteiger charge is -2.32. The predicted octanol–water partition coefficient (Wildman–Crippen LogP) is 2.92. The fraction of sp³-hybridized carbons (Fsp3) is 0.333. The predicted molar refractivity (Wildman–Crippen MR) is 110 cm³/mol. The maximum Gasteiger partial charge on any atom is 0.229 e. The molecule has 0 spiro atoms. The number of carbonyl (C=O) groups is 1. The summed E-state index contributed by atoms with van der Waals surface area (Å²) in [6.45, 7) is 4.06. The first-order valence-electron chi connectivity index (χ1n) is 9.83. The van der Waals surface area contributed by atoms with Gasteiger partial charge in [-0.15, -0.1) is 10.2 Å². The monoisotopic (exact) mass is 392 g/mol. The highest BCUT2D eigenvalue weighted by molar-refractivity contribution is 5.93. The van der Waals surface area contributed by atoms with E-state index in [0.29, 0.717) is 19.0 Å². The van der Waals surface area contributed by atoms with E-state index in [1.807, 2.05) is 49.5 Å². The van der Waals surface area contributed by atoms with Gasteiger partial charge in [-0.3, -0.25) is 9.36 Å². The van der Waals surface area contributed by atoms with Gasteiger partial charge in [0.1, 0.15) is 12.1 Å². The highest BCUT2D eigenvalue weighted by atomic mass is 16.5. The van der Waals surface area contributed by atoms with E-state index < -0.39 is 0 Å². The van der Waals surface area contributed by atoms with Crippen LogP contribution in [0.4, 0.5) is 11.5 Å². The van der Waals surface area contributed by atoms with Gasteiger partial charge in [0.25, 0.3) is 0 Å². The molecule has 1 saturated heterocycles. The van der Waals surface area contributed by atoms with Gasteiger partial charge in [-0.25, -0.2) is 4.98 Å². The number of carbonyl (C=O) groups excluding carboxylic acids is 1. The number of anilines is 2. The standard InChI is InChI=1S/C21H24N6O2/c1-2-29-18-7-5-17(6-8-18)23-21(28)16-4-3-12-26(14-16)19-9-10-20(25-24-19)27-13-11-22-15-27/h5-11,13,15-16H,2-4,12,14H2,1H3,(H,23,28). The summed E-state index contributed by atoms with van der Waals surface area (Å²) < 4.78 is 7.25. The second-order valence-electron chi connectivity index (χ2n) is 6.95. The summed E-state index contributed by atoms with van der Waals surface area (Å²) in [7, 11) is 0. The SMILES string of the molecule is CCOc1ccc(NC(=O)C2CCCN(c3ccc(-n4ccnc4)nn3)C2)cc1. The Labute approximate surface area is 169 Å². The second-order valence-corrected chi connectivity index (χ2v) is 6.95. The Hall–Kier alpha value is -3.42. The third-order valence-electron chi connectivity index (χ3n) is 4.95. The van der Waals surface area contributed by atoms with E-state index in [4.69, 9.17) is 4.74 Å². The Morgan fingerprint density at radius 2 is 1.97 bits per heavy atom. The molecule has 1 aromatic carbocycles. The zero-order chi connectivity index (χ0) is 20.1. The van der Waals surface area contributed by atoms with E-state index in [2.05, 4.69) is 25.4 Å². The van der Waals surface area contributed by atoms with Crippen LogP contribution in [0.2, 0.25) is 0 Å². The number of nitrogens with one attached hydrogen (secondary N) is 1. The minimum Gasteiger partial charge on any atom is -0.494 e. The van der Waals surface area contributed by atoms with Crippen LogP contribution in [0, 0.1) is 5.92 Å². The normalized spacial score (nSPS) is 16.4. The molecule has 1 amide bonds. The van der Waals surface area contributed by atoms with Gasteiger partial charge in [0.15, 0.2) is 11.6 Å². The summed E-state index contributed by atoms with van der Waals surface area (Å²) in [6.07, 6.45) is 7.01. The second kappa shape index (κ2) is 8.72. The first-order chi connectivity index (χ1) is 14.2. The van der Waals surface area contributed by atoms with Gasteiger partial charge >= 0.3 is 0 Å². The molecule has 3 heterocycles. The summed E-state index contributed by atoms with van der Waals surface area (Å²) in [4.78, 5) is 18.9. The molecule has 1 aliphatic rings. The molecule has 3 aromatic rings. The van der Waals surface area contributed by atoms with Crippen molar-refractivity contribution in [2.75, 3.05) is 29.9 Å². The number of ether oxygens (including phenoxy) is 1. The molecule has 150 valence electrons. The van der Waals surface area contributed by atoms with Crippen LogP contribution in [0.3, 0.4) is 0 Å². The number of rotatable bonds is 6. The Balaban J connectivity index is 1.38. The zero-order valence-electron chi connectivity index (χ0n) is 16.4. The van der Waals surface area contributed by atoms with Gasteiger partial charge in [0.05, 0.1) is 12.5 Å². The molecule has 0 bridgehead atoms. The minimum atomic E-state index is -0.0922. The van der Waals surface area contributed by atoms with Gasteiger partial charge in [0, 0.05) is 31.2 Å². The molecule has 1 fully saturated rings. The van der Waals surface area contributed by atoms with Crippen LogP contribution in [0.25, 0.3) is 5.82 Å². The van der Waals surface area contributed by atoms with Crippen LogP contribution in [0.1, 0.15) is 19.8 Å². The van der Waals surface area contributed by atoms with Crippen LogP contribution in [-0.4, -0.2) is 45.4 Å². The number of hydrogen-bond donors (Lipinski definition) is 1. The molecule has 1 N–H and O–H groups in total. The van der Waals surface area contributed by atoms with Crippen LogP contribution in [-0.2, 0) is 4.79 Å². The highest BCUT2D eigenvalue weighted by Crippen LogP contribution is 2.23. The maximum absolute atomic E-state index is 12.7. The largest absolute Gasteiger partial charge is 0.494 e.